The third-order valence-corrected chi connectivity index (χ3v) is 3.16. The second-order valence-corrected chi connectivity index (χ2v) is 6.13. The Kier molecular flexibility index (Phi) is 3.59. The quantitative estimate of drug-likeness (QED) is 0.731. The first-order chi connectivity index (χ1) is 6.29. The minimum absolute atomic E-state index is 0.535. The van der Waals surface area contributed by atoms with E-state index in [1.54, 1.807) is 0 Å². The first-order valence-corrected chi connectivity index (χ1v) is 5.74. The fourth-order valence-electron chi connectivity index (χ4n) is 2.00. The normalized spacial score (nSPS) is 23.8. The third-order valence-electron chi connectivity index (χ3n) is 3.16. The number of nitrogens with one attached hydrogen (secondary N) is 1. The molecule has 0 saturated heterocycles. The zero-order valence-corrected chi connectivity index (χ0v) is 10.1. The number of aliphatic hydroxyl groups is 1. The molecule has 1 aliphatic carbocycles. The van der Waals surface area contributed by atoms with Crippen molar-refractivity contribution in [1.82, 2.24) is 5.32 Å². The van der Waals surface area contributed by atoms with Gasteiger partial charge in [0.25, 0.3) is 0 Å². The van der Waals surface area contributed by atoms with Gasteiger partial charge in [-0.1, -0.05) is 13.8 Å². The lowest BCUT2D eigenvalue weighted by molar-refractivity contribution is 0.0716. The van der Waals surface area contributed by atoms with Crippen molar-refractivity contribution >= 4 is 0 Å². The van der Waals surface area contributed by atoms with Crippen LogP contribution in [0.1, 0.15) is 53.4 Å². The molecule has 2 nitrogen and oxygen atoms in total. The number of hydrogen-bond acceptors (Lipinski definition) is 2. The molecule has 1 rings (SSSR count). The van der Waals surface area contributed by atoms with Gasteiger partial charge in [-0.2, -0.15) is 0 Å². The third kappa shape index (κ3) is 4.43. The maximum Gasteiger partial charge on any atom is 0.0715 e. The highest BCUT2D eigenvalue weighted by Gasteiger charge is 2.27. The second-order valence-electron chi connectivity index (χ2n) is 6.13. The van der Waals surface area contributed by atoms with Crippen LogP contribution in [0, 0.1) is 5.41 Å². The maximum atomic E-state index is 9.59. The average Bonchev–Trinajstić information content (AvgIpc) is 2.01. The molecule has 0 amide bonds. The molecule has 84 valence electrons. The van der Waals surface area contributed by atoms with E-state index in [4.69, 9.17) is 0 Å². The molecule has 0 heterocycles. The van der Waals surface area contributed by atoms with Crippen LogP contribution < -0.4 is 5.32 Å². The molecule has 0 bridgehead atoms. The molecule has 1 aliphatic rings. The van der Waals surface area contributed by atoms with Gasteiger partial charge in [0.1, 0.15) is 0 Å². The van der Waals surface area contributed by atoms with Crippen molar-refractivity contribution in [3.63, 3.8) is 0 Å². The Morgan fingerprint density at radius 1 is 1.29 bits per heavy atom. The first kappa shape index (κ1) is 12.0. The highest BCUT2D eigenvalue weighted by atomic mass is 16.3. The Morgan fingerprint density at radius 3 is 2.21 bits per heavy atom. The van der Waals surface area contributed by atoms with Crippen LogP contribution in [0.2, 0.25) is 0 Å². The summed E-state index contributed by atoms with van der Waals surface area (Å²) in [7, 11) is 0. The predicted molar refractivity (Wildman–Crippen MR) is 60.3 cm³/mol. The summed E-state index contributed by atoms with van der Waals surface area (Å²) in [6.07, 6.45) is 5.11. The molecule has 0 aromatic carbocycles. The van der Waals surface area contributed by atoms with E-state index in [0.717, 1.165) is 0 Å². The summed E-state index contributed by atoms with van der Waals surface area (Å²) in [6, 6.07) is 0.620. The van der Waals surface area contributed by atoms with Crippen molar-refractivity contribution in [2.45, 2.75) is 65.0 Å². The van der Waals surface area contributed by atoms with Crippen LogP contribution >= 0.6 is 0 Å². The van der Waals surface area contributed by atoms with Gasteiger partial charge in [-0.15, -0.1) is 0 Å². The Morgan fingerprint density at radius 2 is 1.79 bits per heavy atom. The van der Waals surface area contributed by atoms with E-state index < -0.39 is 5.60 Å². The van der Waals surface area contributed by atoms with Crippen molar-refractivity contribution in [2.75, 3.05) is 6.54 Å². The van der Waals surface area contributed by atoms with E-state index in [-0.39, 0.29) is 0 Å². The van der Waals surface area contributed by atoms with Crippen LogP contribution in [0.25, 0.3) is 0 Å². The van der Waals surface area contributed by atoms with Crippen molar-refractivity contribution in [3.8, 4) is 0 Å². The van der Waals surface area contributed by atoms with Gasteiger partial charge in [-0.05, 0) is 44.9 Å². The summed E-state index contributed by atoms with van der Waals surface area (Å²) in [5, 5.41) is 13.0. The predicted octanol–water partition coefficient (Wildman–Crippen LogP) is 2.32. The molecular formula is C12H25NO. The summed E-state index contributed by atoms with van der Waals surface area (Å²) in [6.45, 7) is 9.11. The minimum atomic E-state index is -0.576. The van der Waals surface area contributed by atoms with E-state index >= 15 is 0 Å². The lowest BCUT2D eigenvalue weighted by Gasteiger charge is -2.35. The fourth-order valence-corrected chi connectivity index (χ4v) is 2.00. The summed E-state index contributed by atoms with van der Waals surface area (Å²) in [5.41, 5.74) is -0.0418. The highest BCUT2D eigenvalue weighted by Crippen LogP contribution is 2.34. The van der Waals surface area contributed by atoms with Crippen LogP contribution in [-0.2, 0) is 0 Å². The summed E-state index contributed by atoms with van der Waals surface area (Å²) < 4.78 is 0. The molecule has 1 saturated carbocycles. The molecule has 2 N–H and O–H groups in total. The molecule has 0 aromatic heterocycles. The maximum absolute atomic E-state index is 9.59. The Hall–Kier alpha value is -0.0800. The smallest absolute Gasteiger partial charge is 0.0715 e. The van der Waals surface area contributed by atoms with Gasteiger partial charge in [0, 0.05) is 12.6 Å². The van der Waals surface area contributed by atoms with Crippen LogP contribution in [0.5, 0.6) is 0 Å². The molecule has 0 aromatic rings. The lowest BCUT2D eigenvalue weighted by atomic mass is 9.75. The first-order valence-electron chi connectivity index (χ1n) is 5.74. The Balaban J connectivity index is 2.23. The van der Waals surface area contributed by atoms with E-state index in [9.17, 15) is 5.11 Å². The van der Waals surface area contributed by atoms with Crippen molar-refractivity contribution in [1.29, 1.82) is 0 Å². The van der Waals surface area contributed by atoms with E-state index in [2.05, 4.69) is 19.2 Å². The lowest BCUT2D eigenvalue weighted by Crippen LogP contribution is -2.43. The van der Waals surface area contributed by atoms with Crippen LogP contribution in [0.15, 0.2) is 0 Å². The summed E-state index contributed by atoms with van der Waals surface area (Å²) in [4.78, 5) is 0. The van der Waals surface area contributed by atoms with Crippen molar-refractivity contribution in [3.05, 3.63) is 0 Å². The SMILES string of the molecule is CC(C)(O)CNC1CCC(C)(C)CC1. The van der Waals surface area contributed by atoms with Crippen LogP contribution in [-0.4, -0.2) is 23.3 Å². The molecular weight excluding hydrogens is 174 g/mol. The van der Waals surface area contributed by atoms with Gasteiger partial charge in [-0.25, -0.2) is 0 Å². The second kappa shape index (κ2) is 4.19. The highest BCUT2D eigenvalue weighted by molar-refractivity contribution is 4.83. The average molecular weight is 199 g/mol. The molecule has 0 unspecified atom stereocenters. The minimum Gasteiger partial charge on any atom is -0.389 e. The standard InChI is InChI=1S/C12H25NO/c1-11(2)7-5-10(6-8-11)13-9-12(3,4)14/h10,13-14H,5-9H2,1-4H3. The molecule has 0 spiro atoms. The van der Waals surface area contributed by atoms with Crippen LogP contribution in [0.4, 0.5) is 0 Å². The van der Waals surface area contributed by atoms with Crippen molar-refractivity contribution < 1.29 is 5.11 Å². The Labute approximate surface area is 88.1 Å². The van der Waals surface area contributed by atoms with E-state index in [0.29, 0.717) is 18.0 Å². The number of rotatable bonds is 3. The van der Waals surface area contributed by atoms with Gasteiger partial charge in [-0.3, -0.25) is 0 Å². The van der Waals surface area contributed by atoms with Gasteiger partial charge in [0.2, 0.25) is 0 Å². The Bertz CT molecular complexity index is 171. The molecule has 2 heteroatoms. The topological polar surface area (TPSA) is 32.3 Å². The number of hydrogen-bond donors (Lipinski definition) is 2. The molecule has 1 fully saturated rings. The van der Waals surface area contributed by atoms with Crippen LogP contribution in [0.3, 0.4) is 0 Å². The molecule has 0 aliphatic heterocycles. The zero-order valence-electron chi connectivity index (χ0n) is 10.1. The molecule has 14 heavy (non-hydrogen) atoms. The largest absolute Gasteiger partial charge is 0.389 e. The van der Waals surface area contributed by atoms with E-state index in [1.165, 1.54) is 25.7 Å². The summed E-state index contributed by atoms with van der Waals surface area (Å²) >= 11 is 0. The zero-order chi connectivity index (χ0) is 10.8. The van der Waals surface area contributed by atoms with E-state index in [1.807, 2.05) is 13.8 Å². The van der Waals surface area contributed by atoms with Crippen molar-refractivity contribution in [2.24, 2.45) is 5.41 Å². The van der Waals surface area contributed by atoms with Gasteiger partial charge < -0.3 is 10.4 Å². The van der Waals surface area contributed by atoms with Gasteiger partial charge in [0.15, 0.2) is 0 Å². The molecule has 0 radical (unpaired) electrons. The monoisotopic (exact) mass is 199 g/mol. The van der Waals surface area contributed by atoms with Gasteiger partial charge in [0.05, 0.1) is 5.60 Å². The summed E-state index contributed by atoms with van der Waals surface area (Å²) in [5.74, 6) is 0. The van der Waals surface area contributed by atoms with Gasteiger partial charge >= 0.3 is 0 Å². The fraction of sp³-hybridized carbons (Fsp3) is 1.00. The molecule has 0 atom stereocenters.